The molecule has 1 unspecified atom stereocenters. The van der Waals surface area contributed by atoms with Gasteiger partial charge in [-0.05, 0) is 11.6 Å². The quantitative estimate of drug-likeness (QED) is 0.518. The summed E-state index contributed by atoms with van der Waals surface area (Å²) < 4.78 is 45.8. The van der Waals surface area contributed by atoms with Gasteiger partial charge in [-0.25, -0.2) is 9.80 Å². The lowest BCUT2D eigenvalue weighted by Gasteiger charge is -2.19. The lowest BCUT2D eigenvalue weighted by Crippen LogP contribution is -2.38. The Bertz CT molecular complexity index is 1060. The Morgan fingerprint density at radius 3 is 2.42 bits per heavy atom. The molecule has 0 aliphatic carbocycles. The Morgan fingerprint density at radius 2 is 1.76 bits per heavy atom. The van der Waals surface area contributed by atoms with Gasteiger partial charge in [-0.1, -0.05) is 72.1 Å². The summed E-state index contributed by atoms with van der Waals surface area (Å²) in [5, 5.41) is 3.33. The molecular weight excluding hydrogens is 477 g/mol. The Kier molecular flexibility index (Phi) is 8.20. The van der Waals surface area contributed by atoms with Crippen molar-refractivity contribution in [2.45, 2.75) is 31.5 Å². The smallest absolute Gasteiger partial charge is 0.417 e. The van der Waals surface area contributed by atoms with Crippen LogP contribution in [0.15, 0.2) is 59.7 Å². The lowest BCUT2D eigenvalue weighted by molar-refractivity contribution is -0.151. The molecule has 2 aromatic rings. The van der Waals surface area contributed by atoms with Crippen molar-refractivity contribution in [2.24, 2.45) is 5.10 Å². The average molecular weight is 497 g/mol. The Labute approximate surface area is 196 Å². The van der Waals surface area contributed by atoms with Crippen LogP contribution in [0.4, 0.5) is 13.2 Å². The van der Waals surface area contributed by atoms with Crippen molar-refractivity contribution in [1.29, 1.82) is 0 Å². The van der Waals surface area contributed by atoms with E-state index in [-0.39, 0.29) is 34.5 Å². The second-order valence-electron chi connectivity index (χ2n) is 6.84. The zero-order valence-electron chi connectivity index (χ0n) is 17.4. The Balaban J connectivity index is 1.83. The predicted octanol–water partition coefficient (Wildman–Crippen LogP) is 4.68. The minimum atomic E-state index is -4.64. The van der Waals surface area contributed by atoms with Crippen molar-refractivity contribution in [3.05, 3.63) is 71.3 Å². The van der Waals surface area contributed by atoms with E-state index in [0.717, 1.165) is 34.6 Å². The first-order valence-electron chi connectivity index (χ1n) is 9.74. The van der Waals surface area contributed by atoms with Gasteiger partial charge in [0.1, 0.15) is 11.7 Å². The van der Waals surface area contributed by atoms with Gasteiger partial charge in [0.25, 0.3) is 0 Å². The number of benzene rings is 2. The third-order valence-electron chi connectivity index (χ3n) is 4.41. The molecule has 0 fully saturated rings. The van der Waals surface area contributed by atoms with Crippen LogP contribution in [0, 0.1) is 0 Å². The first-order chi connectivity index (χ1) is 15.7. The molecule has 2 aromatic carbocycles. The number of nitrogens with zero attached hydrogens (tertiary/aromatic N) is 2. The zero-order valence-corrected chi connectivity index (χ0v) is 19.0. The molecule has 0 bridgehead atoms. The molecular formula is C22H19F3N2O4S2. The SMILES string of the molecule is CC(=O)SCCC(=O)N1N=C(c2ccccc2C(F)(F)F)SC1C(=O)OCc1ccccc1. The summed E-state index contributed by atoms with van der Waals surface area (Å²) in [6, 6.07) is 13.7. The van der Waals surface area contributed by atoms with Crippen LogP contribution in [0.25, 0.3) is 0 Å². The van der Waals surface area contributed by atoms with Crippen molar-refractivity contribution in [3.63, 3.8) is 0 Å². The van der Waals surface area contributed by atoms with Crippen LogP contribution in [-0.2, 0) is 31.9 Å². The van der Waals surface area contributed by atoms with Gasteiger partial charge >= 0.3 is 12.1 Å². The number of amides is 1. The van der Waals surface area contributed by atoms with E-state index in [4.69, 9.17) is 4.74 Å². The molecule has 1 aliphatic heterocycles. The molecule has 1 aliphatic rings. The highest BCUT2D eigenvalue weighted by Crippen LogP contribution is 2.38. The summed E-state index contributed by atoms with van der Waals surface area (Å²) in [6.07, 6.45) is -4.76. The number of hydrazone groups is 1. The fraction of sp³-hybridized carbons (Fsp3) is 0.273. The number of hydrogen-bond donors (Lipinski definition) is 0. The number of carbonyl (C=O) groups is 3. The first-order valence-corrected chi connectivity index (χ1v) is 11.6. The summed E-state index contributed by atoms with van der Waals surface area (Å²) >= 11 is 1.65. The minimum Gasteiger partial charge on any atom is -0.459 e. The summed E-state index contributed by atoms with van der Waals surface area (Å²) in [7, 11) is 0. The highest BCUT2D eigenvalue weighted by molar-refractivity contribution is 8.15. The van der Waals surface area contributed by atoms with Gasteiger partial charge in [-0.3, -0.25) is 9.59 Å². The molecule has 1 amide bonds. The third-order valence-corrected chi connectivity index (χ3v) is 6.36. The summed E-state index contributed by atoms with van der Waals surface area (Å²) in [6.45, 7) is 1.29. The second kappa shape index (κ2) is 10.9. The number of alkyl halides is 3. The molecule has 1 atom stereocenters. The van der Waals surface area contributed by atoms with E-state index in [1.54, 1.807) is 30.3 Å². The van der Waals surface area contributed by atoms with E-state index in [9.17, 15) is 27.6 Å². The zero-order chi connectivity index (χ0) is 24.0. The van der Waals surface area contributed by atoms with Gasteiger partial charge < -0.3 is 4.74 Å². The molecule has 0 radical (unpaired) electrons. The van der Waals surface area contributed by atoms with E-state index in [1.807, 2.05) is 0 Å². The fourth-order valence-electron chi connectivity index (χ4n) is 2.89. The predicted molar refractivity (Wildman–Crippen MR) is 120 cm³/mol. The standard InChI is InChI=1S/C22H19F3N2O4S2/c1-14(28)32-12-11-18(29)27-20(21(30)31-13-15-7-3-2-4-8-15)33-19(26-27)16-9-5-6-10-17(16)22(23,24)25/h2-10,20H,11-13H2,1H3. The van der Waals surface area contributed by atoms with E-state index >= 15 is 0 Å². The van der Waals surface area contributed by atoms with Gasteiger partial charge in [-0.2, -0.15) is 18.3 Å². The Hall–Kier alpha value is -2.79. The molecule has 0 aromatic heterocycles. The largest absolute Gasteiger partial charge is 0.459 e. The maximum absolute atomic E-state index is 13.5. The molecule has 33 heavy (non-hydrogen) atoms. The van der Waals surface area contributed by atoms with Gasteiger partial charge in [0, 0.05) is 24.7 Å². The van der Waals surface area contributed by atoms with Gasteiger partial charge in [-0.15, -0.1) is 0 Å². The molecule has 0 saturated carbocycles. The molecule has 0 N–H and O–H groups in total. The number of thioether (sulfide) groups is 2. The maximum Gasteiger partial charge on any atom is 0.417 e. The monoisotopic (exact) mass is 496 g/mol. The van der Waals surface area contributed by atoms with Crippen LogP contribution < -0.4 is 0 Å². The molecule has 0 saturated heterocycles. The summed E-state index contributed by atoms with van der Waals surface area (Å²) in [4.78, 5) is 36.6. The highest BCUT2D eigenvalue weighted by Gasteiger charge is 2.42. The van der Waals surface area contributed by atoms with Gasteiger partial charge in [0.15, 0.2) is 5.12 Å². The summed E-state index contributed by atoms with van der Waals surface area (Å²) in [5.41, 5.74) is -0.438. The second-order valence-corrected chi connectivity index (χ2v) is 9.18. The van der Waals surface area contributed by atoms with Crippen LogP contribution in [0.3, 0.4) is 0 Å². The number of hydrogen-bond acceptors (Lipinski definition) is 7. The van der Waals surface area contributed by atoms with Crippen LogP contribution >= 0.6 is 23.5 Å². The molecule has 1 heterocycles. The van der Waals surface area contributed by atoms with Crippen LogP contribution in [0.5, 0.6) is 0 Å². The topological polar surface area (TPSA) is 76.0 Å². The number of rotatable bonds is 7. The third kappa shape index (κ3) is 6.61. The lowest BCUT2D eigenvalue weighted by atomic mass is 10.1. The molecule has 6 nitrogen and oxygen atoms in total. The highest BCUT2D eigenvalue weighted by atomic mass is 32.2. The summed E-state index contributed by atoms with van der Waals surface area (Å²) in [5.74, 6) is -1.25. The molecule has 0 spiro atoms. The number of halogens is 3. The average Bonchev–Trinajstić information content (AvgIpc) is 3.23. The Morgan fingerprint density at radius 1 is 1.09 bits per heavy atom. The van der Waals surface area contributed by atoms with Crippen LogP contribution in [-0.4, -0.2) is 38.2 Å². The molecule has 3 rings (SSSR count). The number of esters is 1. The van der Waals surface area contributed by atoms with Crippen molar-refractivity contribution < 1.29 is 32.3 Å². The van der Waals surface area contributed by atoms with Crippen molar-refractivity contribution >= 4 is 45.6 Å². The van der Waals surface area contributed by atoms with Crippen molar-refractivity contribution in [3.8, 4) is 0 Å². The molecule has 11 heteroatoms. The van der Waals surface area contributed by atoms with Gasteiger partial charge in [0.05, 0.1) is 5.56 Å². The number of carbonyl (C=O) groups excluding carboxylic acids is 3. The fourth-order valence-corrected chi connectivity index (χ4v) is 4.54. The first kappa shape index (κ1) is 24.8. The number of ether oxygens (including phenoxy) is 1. The van der Waals surface area contributed by atoms with Crippen LogP contribution in [0.2, 0.25) is 0 Å². The minimum absolute atomic E-state index is 0.0621. The maximum atomic E-state index is 13.5. The van der Waals surface area contributed by atoms with Crippen molar-refractivity contribution in [2.75, 3.05) is 5.75 Å². The van der Waals surface area contributed by atoms with Gasteiger partial charge in [0.2, 0.25) is 11.3 Å². The normalized spacial score (nSPS) is 15.8. The van der Waals surface area contributed by atoms with E-state index < -0.39 is 29.0 Å². The van der Waals surface area contributed by atoms with Crippen LogP contribution in [0.1, 0.15) is 30.0 Å². The van der Waals surface area contributed by atoms with E-state index in [2.05, 4.69) is 5.10 Å². The van der Waals surface area contributed by atoms with E-state index in [1.165, 1.54) is 25.1 Å². The van der Waals surface area contributed by atoms with E-state index in [0.29, 0.717) is 5.56 Å². The van der Waals surface area contributed by atoms with Crippen molar-refractivity contribution in [1.82, 2.24) is 5.01 Å². The molecule has 174 valence electrons.